The molecule has 0 saturated carbocycles. The van der Waals surface area contributed by atoms with Crippen LogP contribution in [0.1, 0.15) is 42.9 Å². The molecule has 0 atom stereocenters. The predicted octanol–water partition coefficient (Wildman–Crippen LogP) is 1.71. The second-order valence-corrected chi connectivity index (χ2v) is 4.48. The lowest BCUT2D eigenvalue weighted by atomic mass is 10.2. The Morgan fingerprint density at radius 1 is 1.37 bits per heavy atom. The Labute approximate surface area is 112 Å². The molecule has 0 aliphatic rings. The van der Waals surface area contributed by atoms with Crippen LogP contribution in [0.15, 0.2) is 4.42 Å². The van der Waals surface area contributed by atoms with Gasteiger partial charge in [0.2, 0.25) is 5.76 Å². The zero-order chi connectivity index (χ0) is 14.6. The molecule has 0 aliphatic heterocycles. The summed E-state index contributed by atoms with van der Waals surface area (Å²) in [7, 11) is 0. The van der Waals surface area contributed by atoms with Crippen molar-refractivity contribution in [3.8, 4) is 0 Å². The topological polar surface area (TPSA) is 72.6 Å². The van der Waals surface area contributed by atoms with Crippen LogP contribution in [0.25, 0.3) is 0 Å². The van der Waals surface area contributed by atoms with E-state index in [4.69, 9.17) is 9.15 Å². The van der Waals surface area contributed by atoms with E-state index < -0.39 is 5.97 Å². The molecule has 0 aliphatic carbocycles. The third-order valence-corrected chi connectivity index (χ3v) is 2.59. The summed E-state index contributed by atoms with van der Waals surface area (Å²) in [6.07, 6.45) is 0. The van der Waals surface area contributed by atoms with Crippen molar-refractivity contribution in [1.82, 2.24) is 9.88 Å². The highest BCUT2D eigenvalue weighted by atomic mass is 16.5. The largest absolute Gasteiger partial charge is 0.465 e. The summed E-state index contributed by atoms with van der Waals surface area (Å²) in [6.45, 7) is 8.96. The van der Waals surface area contributed by atoms with Crippen molar-refractivity contribution in [2.24, 2.45) is 0 Å². The molecular formula is C13H20N2O4. The molecule has 0 spiro atoms. The van der Waals surface area contributed by atoms with Gasteiger partial charge in [-0.25, -0.2) is 4.98 Å². The first-order chi connectivity index (χ1) is 8.86. The lowest BCUT2D eigenvalue weighted by Crippen LogP contribution is -2.41. The average molecular weight is 268 g/mol. The summed E-state index contributed by atoms with van der Waals surface area (Å²) >= 11 is 0. The Balaban J connectivity index is 2.90. The minimum atomic E-state index is -0.432. The zero-order valence-electron chi connectivity index (χ0n) is 12.0. The van der Waals surface area contributed by atoms with E-state index in [0.717, 1.165) is 0 Å². The summed E-state index contributed by atoms with van der Waals surface area (Å²) in [4.78, 5) is 29.3. The van der Waals surface area contributed by atoms with Crippen molar-refractivity contribution in [3.63, 3.8) is 0 Å². The van der Waals surface area contributed by atoms with Crippen molar-refractivity contribution >= 4 is 11.9 Å². The fraction of sp³-hybridized carbons (Fsp3) is 0.615. The number of oxazole rings is 1. The molecule has 1 heterocycles. The second-order valence-electron chi connectivity index (χ2n) is 4.48. The van der Waals surface area contributed by atoms with E-state index >= 15 is 0 Å². The second kappa shape index (κ2) is 6.36. The van der Waals surface area contributed by atoms with Gasteiger partial charge < -0.3 is 14.1 Å². The molecule has 0 aromatic carbocycles. The van der Waals surface area contributed by atoms with E-state index in [1.807, 2.05) is 13.8 Å². The summed E-state index contributed by atoms with van der Waals surface area (Å²) < 4.78 is 10.2. The molecule has 0 unspecified atom stereocenters. The summed E-state index contributed by atoms with van der Waals surface area (Å²) in [5, 5.41) is 0. The molecule has 0 N–H and O–H groups in total. The van der Waals surface area contributed by atoms with Gasteiger partial charge in [0.15, 0.2) is 5.89 Å². The molecule has 0 radical (unpaired) electrons. The van der Waals surface area contributed by atoms with Gasteiger partial charge in [0.1, 0.15) is 6.54 Å². The molecule has 0 bridgehead atoms. The van der Waals surface area contributed by atoms with Crippen molar-refractivity contribution in [3.05, 3.63) is 17.3 Å². The van der Waals surface area contributed by atoms with Crippen LogP contribution < -0.4 is 0 Å². The highest BCUT2D eigenvalue weighted by Crippen LogP contribution is 2.14. The number of hydrogen-bond donors (Lipinski definition) is 0. The summed E-state index contributed by atoms with van der Waals surface area (Å²) in [5.41, 5.74) is 0.525. The molecule has 1 rings (SSSR count). The van der Waals surface area contributed by atoms with E-state index in [2.05, 4.69) is 4.98 Å². The number of aromatic nitrogens is 1. The third-order valence-electron chi connectivity index (χ3n) is 2.59. The minimum Gasteiger partial charge on any atom is -0.465 e. The Bertz CT molecular complexity index is 465. The highest BCUT2D eigenvalue weighted by molar-refractivity contribution is 5.94. The van der Waals surface area contributed by atoms with Gasteiger partial charge in [0.25, 0.3) is 5.91 Å². The summed E-state index contributed by atoms with van der Waals surface area (Å²) in [5.74, 6) is -0.171. The number of carbonyl (C=O) groups excluding carboxylic acids is 2. The molecule has 1 amide bonds. The molecule has 6 nitrogen and oxygen atoms in total. The minimum absolute atomic E-state index is 0.0937. The van der Waals surface area contributed by atoms with Crippen LogP contribution in [0, 0.1) is 13.8 Å². The SMILES string of the molecule is CCOC(=O)CN(C(=O)c1oc(C)nc1C)C(C)C. The molecule has 0 saturated heterocycles. The maximum atomic E-state index is 12.3. The van der Waals surface area contributed by atoms with Gasteiger partial charge in [-0.05, 0) is 27.7 Å². The van der Waals surface area contributed by atoms with Crippen molar-refractivity contribution in [1.29, 1.82) is 0 Å². The van der Waals surface area contributed by atoms with Crippen molar-refractivity contribution in [2.45, 2.75) is 40.7 Å². The maximum Gasteiger partial charge on any atom is 0.325 e. The number of esters is 1. The average Bonchev–Trinajstić information content (AvgIpc) is 2.64. The van der Waals surface area contributed by atoms with E-state index in [1.54, 1.807) is 20.8 Å². The molecule has 1 aromatic rings. The highest BCUT2D eigenvalue weighted by Gasteiger charge is 2.26. The molecule has 0 fully saturated rings. The first kappa shape index (κ1) is 15.2. The van der Waals surface area contributed by atoms with Crippen LogP contribution in [0.2, 0.25) is 0 Å². The van der Waals surface area contributed by atoms with Gasteiger partial charge in [0, 0.05) is 13.0 Å². The number of nitrogens with zero attached hydrogens (tertiary/aromatic N) is 2. The van der Waals surface area contributed by atoms with Crippen LogP contribution in [0.5, 0.6) is 0 Å². The molecule has 106 valence electrons. The quantitative estimate of drug-likeness (QED) is 0.760. The fourth-order valence-corrected chi connectivity index (χ4v) is 1.69. The Kier molecular flexibility index (Phi) is 5.09. The Morgan fingerprint density at radius 2 is 2.00 bits per heavy atom. The number of hydrogen-bond acceptors (Lipinski definition) is 5. The number of aryl methyl sites for hydroxylation is 2. The predicted molar refractivity (Wildman–Crippen MR) is 68.8 cm³/mol. The zero-order valence-corrected chi connectivity index (χ0v) is 12.0. The molecule has 1 aromatic heterocycles. The standard InChI is InChI=1S/C13H20N2O4/c1-6-18-11(16)7-15(8(2)3)13(17)12-9(4)14-10(5)19-12/h8H,6-7H2,1-5H3. The van der Waals surface area contributed by atoms with Gasteiger partial charge >= 0.3 is 5.97 Å². The van der Waals surface area contributed by atoms with Gasteiger partial charge in [-0.15, -0.1) is 0 Å². The van der Waals surface area contributed by atoms with Crippen LogP contribution >= 0.6 is 0 Å². The normalized spacial score (nSPS) is 10.6. The van der Waals surface area contributed by atoms with Gasteiger partial charge in [-0.3, -0.25) is 9.59 Å². The molecule has 19 heavy (non-hydrogen) atoms. The number of carbonyl (C=O) groups is 2. The smallest absolute Gasteiger partial charge is 0.325 e. The lowest BCUT2D eigenvalue weighted by Gasteiger charge is -2.24. The van der Waals surface area contributed by atoms with Crippen LogP contribution in [-0.4, -0.2) is 41.0 Å². The fourth-order valence-electron chi connectivity index (χ4n) is 1.69. The van der Waals surface area contributed by atoms with E-state index in [1.165, 1.54) is 4.90 Å². The maximum absolute atomic E-state index is 12.3. The number of rotatable bonds is 5. The van der Waals surface area contributed by atoms with Crippen LogP contribution in [0.4, 0.5) is 0 Å². The first-order valence-corrected chi connectivity index (χ1v) is 6.27. The first-order valence-electron chi connectivity index (χ1n) is 6.27. The van der Waals surface area contributed by atoms with E-state index in [0.29, 0.717) is 18.2 Å². The number of ether oxygens (including phenoxy) is 1. The van der Waals surface area contributed by atoms with Gasteiger partial charge in [0.05, 0.1) is 12.3 Å². The van der Waals surface area contributed by atoms with E-state index in [-0.39, 0.29) is 24.3 Å². The van der Waals surface area contributed by atoms with Crippen molar-refractivity contribution in [2.75, 3.05) is 13.2 Å². The van der Waals surface area contributed by atoms with Crippen LogP contribution in [0.3, 0.4) is 0 Å². The van der Waals surface area contributed by atoms with Crippen molar-refractivity contribution < 1.29 is 18.7 Å². The third kappa shape index (κ3) is 3.81. The Hall–Kier alpha value is -1.85. The monoisotopic (exact) mass is 268 g/mol. The summed E-state index contributed by atoms with van der Waals surface area (Å²) in [6, 6.07) is -0.137. The van der Waals surface area contributed by atoms with Gasteiger partial charge in [-0.1, -0.05) is 0 Å². The van der Waals surface area contributed by atoms with E-state index in [9.17, 15) is 9.59 Å². The Morgan fingerprint density at radius 3 is 2.42 bits per heavy atom. The molecular weight excluding hydrogens is 248 g/mol. The van der Waals surface area contributed by atoms with Crippen LogP contribution in [-0.2, 0) is 9.53 Å². The van der Waals surface area contributed by atoms with Gasteiger partial charge in [-0.2, -0.15) is 0 Å². The lowest BCUT2D eigenvalue weighted by molar-refractivity contribution is -0.144. The molecule has 6 heteroatoms. The number of amides is 1.